The molecule has 0 aliphatic carbocycles. The van der Waals surface area contributed by atoms with Crippen molar-refractivity contribution < 1.29 is 14.0 Å². The van der Waals surface area contributed by atoms with Gasteiger partial charge >= 0.3 is 0 Å². The van der Waals surface area contributed by atoms with E-state index in [0.29, 0.717) is 18.7 Å². The third-order valence-electron chi connectivity index (χ3n) is 3.20. The molecule has 0 aromatic carbocycles. The molecule has 1 atom stereocenters. The average molecular weight is 320 g/mol. The maximum atomic E-state index is 12.3. The molecule has 0 aliphatic heterocycles. The minimum absolute atomic E-state index is 0.00360. The number of thiophene rings is 1. The summed E-state index contributed by atoms with van der Waals surface area (Å²) in [6, 6.07) is 6.82. The van der Waals surface area contributed by atoms with Gasteiger partial charge in [0.15, 0.2) is 0 Å². The first-order valence-corrected chi connectivity index (χ1v) is 8.06. The van der Waals surface area contributed by atoms with E-state index >= 15 is 0 Å². The van der Waals surface area contributed by atoms with Crippen LogP contribution in [0.4, 0.5) is 0 Å². The van der Waals surface area contributed by atoms with Crippen LogP contribution in [0.25, 0.3) is 0 Å². The minimum Gasteiger partial charge on any atom is -0.467 e. The number of amides is 2. The predicted molar refractivity (Wildman–Crippen MR) is 85.3 cm³/mol. The fourth-order valence-electron chi connectivity index (χ4n) is 2.03. The van der Waals surface area contributed by atoms with Crippen molar-refractivity contribution in [2.24, 2.45) is 5.92 Å². The molecule has 5 nitrogen and oxygen atoms in total. The zero-order valence-corrected chi connectivity index (χ0v) is 13.5. The van der Waals surface area contributed by atoms with Crippen molar-refractivity contribution in [1.29, 1.82) is 0 Å². The zero-order valence-electron chi connectivity index (χ0n) is 12.7. The summed E-state index contributed by atoms with van der Waals surface area (Å²) in [6.45, 7) is 4.13. The lowest BCUT2D eigenvalue weighted by Gasteiger charge is -2.21. The van der Waals surface area contributed by atoms with Crippen LogP contribution in [0.15, 0.2) is 40.3 Å². The van der Waals surface area contributed by atoms with Crippen molar-refractivity contribution in [1.82, 2.24) is 10.6 Å². The van der Waals surface area contributed by atoms with Crippen molar-refractivity contribution in [2.75, 3.05) is 0 Å². The molecule has 0 bridgehead atoms. The molecule has 0 saturated carbocycles. The van der Waals surface area contributed by atoms with E-state index in [0.717, 1.165) is 4.88 Å². The number of hydrogen-bond acceptors (Lipinski definition) is 4. The predicted octanol–water partition coefficient (Wildman–Crippen LogP) is 2.34. The van der Waals surface area contributed by atoms with Crippen molar-refractivity contribution in [3.05, 3.63) is 46.5 Å². The highest BCUT2D eigenvalue weighted by Crippen LogP contribution is 2.10. The van der Waals surface area contributed by atoms with Gasteiger partial charge in [0.1, 0.15) is 11.8 Å². The lowest BCUT2D eigenvalue weighted by atomic mass is 10.0. The Hall–Kier alpha value is -2.08. The summed E-state index contributed by atoms with van der Waals surface area (Å²) < 4.78 is 5.17. The second-order valence-corrected chi connectivity index (χ2v) is 6.37. The molecule has 2 heterocycles. The molecule has 6 heteroatoms. The van der Waals surface area contributed by atoms with Gasteiger partial charge in [-0.3, -0.25) is 9.59 Å². The van der Waals surface area contributed by atoms with Crippen LogP contribution in [0, 0.1) is 5.92 Å². The molecule has 2 aromatic heterocycles. The van der Waals surface area contributed by atoms with E-state index in [9.17, 15) is 9.59 Å². The van der Waals surface area contributed by atoms with E-state index < -0.39 is 6.04 Å². The van der Waals surface area contributed by atoms with E-state index in [1.165, 1.54) is 11.3 Å². The summed E-state index contributed by atoms with van der Waals surface area (Å²) in [5.41, 5.74) is 0. The summed E-state index contributed by atoms with van der Waals surface area (Å²) in [5, 5.41) is 7.52. The lowest BCUT2D eigenvalue weighted by Crippen LogP contribution is -2.49. The quantitative estimate of drug-likeness (QED) is 0.822. The maximum Gasteiger partial charge on any atom is 0.243 e. The number of hydrogen-bond donors (Lipinski definition) is 2. The lowest BCUT2D eigenvalue weighted by molar-refractivity contribution is -0.129. The van der Waals surface area contributed by atoms with E-state index in [4.69, 9.17) is 4.42 Å². The number of furan rings is 1. The molecule has 118 valence electrons. The van der Waals surface area contributed by atoms with Crippen LogP contribution in [0.1, 0.15) is 24.5 Å². The number of rotatable bonds is 7. The van der Waals surface area contributed by atoms with E-state index in [1.807, 2.05) is 31.4 Å². The molecule has 2 amide bonds. The van der Waals surface area contributed by atoms with Gasteiger partial charge in [0.05, 0.1) is 19.2 Å². The van der Waals surface area contributed by atoms with Crippen LogP contribution >= 0.6 is 11.3 Å². The molecule has 2 aromatic rings. The first-order chi connectivity index (χ1) is 10.6. The highest BCUT2D eigenvalue weighted by atomic mass is 32.1. The highest BCUT2D eigenvalue weighted by molar-refractivity contribution is 7.10. The third kappa shape index (κ3) is 4.73. The van der Waals surface area contributed by atoms with Crippen LogP contribution in [-0.2, 0) is 22.6 Å². The van der Waals surface area contributed by atoms with E-state index in [2.05, 4.69) is 10.6 Å². The fraction of sp³-hybridized carbons (Fsp3) is 0.375. The van der Waals surface area contributed by atoms with Gasteiger partial charge in [-0.05, 0) is 29.5 Å². The Labute approximate surface area is 133 Å². The molecule has 22 heavy (non-hydrogen) atoms. The van der Waals surface area contributed by atoms with Crippen molar-refractivity contribution >= 4 is 23.2 Å². The third-order valence-corrected chi connectivity index (χ3v) is 4.07. The standard InChI is InChI=1S/C16H20N2O3S/c1-11(2)15(16(20)17-10-12-5-3-7-21-12)18-14(19)9-13-6-4-8-22-13/h3-8,11,15H,9-10H2,1-2H3,(H,17,20)(H,18,19)/t15-/m0/s1. The Morgan fingerprint density at radius 2 is 2.09 bits per heavy atom. The first-order valence-electron chi connectivity index (χ1n) is 7.18. The molecule has 0 fully saturated rings. The Bertz CT molecular complexity index is 591. The first kappa shape index (κ1) is 16.3. The summed E-state index contributed by atoms with van der Waals surface area (Å²) in [6.07, 6.45) is 1.86. The molecule has 0 radical (unpaired) electrons. The van der Waals surface area contributed by atoms with E-state index in [-0.39, 0.29) is 17.7 Å². The molecule has 0 saturated heterocycles. The SMILES string of the molecule is CC(C)[C@H](NC(=O)Cc1cccs1)C(=O)NCc1ccco1. The fourth-order valence-corrected chi connectivity index (χ4v) is 2.73. The summed E-state index contributed by atoms with van der Waals surface area (Å²) >= 11 is 1.53. The molecule has 2 rings (SSSR count). The Kier molecular flexibility index (Phi) is 5.77. The molecular weight excluding hydrogens is 300 g/mol. The number of carbonyl (C=O) groups is 2. The van der Waals surface area contributed by atoms with Gasteiger partial charge in [-0.15, -0.1) is 11.3 Å². The van der Waals surface area contributed by atoms with Crippen molar-refractivity contribution in [3.8, 4) is 0 Å². The minimum atomic E-state index is -0.553. The van der Waals surface area contributed by atoms with Gasteiger partial charge in [0.25, 0.3) is 0 Å². The van der Waals surface area contributed by atoms with E-state index in [1.54, 1.807) is 18.4 Å². The molecule has 0 unspecified atom stereocenters. The monoisotopic (exact) mass is 320 g/mol. The number of nitrogens with one attached hydrogen (secondary N) is 2. The van der Waals surface area contributed by atoms with Crippen LogP contribution < -0.4 is 10.6 Å². The van der Waals surface area contributed by atoms with Crippen LogP contribution in [0.3, 0.4) is 0 Å². The van der Waals surface area contributed by atoms with Crippen LogP contribution in [-0.4, -0.2) is 17.9 Å². The second kappa shape index (κ2) is 7.79. The van der Waals surface area contributed by atoms with Gasteiger partial charge in [-0.25, -0.2) is 0 Å². The molecular formula is C16H20N2O3S. The van der Waals surface area contributed by atoms with Crippen molar-refractivity contribution in [2.45, 2.75) is 32.9 Å². The molecule has 2 N–H and O–H groups in total. The Balaban J connectivity index is 1.88. The Morgan fingerprint density at radius 1 is 1.27 bits per heavy atom. The summed E-state index contributed by atoms with van der Waals surface area (Å²) in [4.78, 5) is 25.3. The summed E-state index contributed by atoms with van der Waals surface area (Å²) in [5.74, 6) is 0.338. The highest BCUT2D eigenvalue weighted by Gasteiger charge is 2.24. The van der Waals surface area contributed by atoms with Gasteiger partial charge in [-0.2, -0.15) is 0 Å². The van der Waals surface area contributed by atoms with Crippen LogP contribution in [0.5, 0.6) is 0 Å². The maximum absolute atomic E-state index is 12.3. The van der Waals surface area contributed by atoms with Gasteiger partial charge < -0.3 is 15.1 Å². The van der Waals surface area contributed by atoms with Gasteiger partial charge in [0, 0.05) is 4.88 Å². The molecule has 0 aliphatic rings. The second-order valence-electron chi connectivity index (χ2n) is 5.34. The van der Waals surface area contributed by atoms with Crippen LogP contribution in [0.2, 0.25) is 0 Å². The largest absolute Gasteiger partial charge is 0.467 e. The average Bonchev–Trinajstić information content (AvgIpc) is 3.15. The summed E-state index contributed by atoms with van der Waals surface area (Å²) in [7, 11) is 0. The number of carbonyl (C=O) groups excluding carboxylic acids is 2. The topological polar surface area (TPSA) is 71.3 Å². The van der Waals surface area contributed by atoms with Gasteiger partial charge in [-0.1, -0.05) is 19.9 Å². The smallest absolute Gasteiger partial charge is 0.243 e. The molecule has 0 spiro atoms. The normalized spacial score (nSPS) is 12.1. The Morgan fingerprint density at radius 3 is 2.68 bits per heavy atom. The van der Waals surface area contributed by atoms with Gasteiger partial charge in [0.2, 0.25) is 11.8 Å². The van der Waals surface area contributed by atoms with Crippen molar-refractivity contribution in [3.63, 3.8) is 0 Å². The zero-order chi connectivity index (χ0) is 15.9.